The summed E-state index contributed by atoms with van der Waals surface area (Å²) >= 11 is 0. The van der Waals surface area contributed by atoms with Crippen molar-refractivity contribution in [1.82, 2.24) is 9.88 Å². The number of nitrogens with zero attached hydrogens (tertiary/aromatic N) is 1. The van der Waals surface area contributed by atoms with Crippen molar-refractivity contribution in [3.05, 3.63) is 35.3 Å². The summed E-state index contributed by atoms with van der Waals surface area (Å²) in [6.45, 7) is 2.23. The van der Waals surface area contributed by atoms with E-state index in [1.807, 2.05) is 6.07 Å². The Morgan fingerprint density at radius 3 is 2.62 bits per heavy atom. The molecule has 128 valence electrons. The Labute approximate surface area is 137 Å². The minimum atomic E-state index is -1.82. The molecule has 0 spiro atoms. The largest absolute Gasteiger partial charge is 0.473 e. The van der Waals surface area contributed by atoms with Crippen LogP contribution in [0.5, 0.6) is 0 Å². The zero-order chi connectivity index (χ0) is 17.4. The number of fused-ring (bicyclic) bond motifs is 5. The Morgan fingerprint density at radius 2 is 1.96 bits per heavy atom. The molecule has 1 aromatic heterocycles. The van der Waals surface area contributed by atoms with Crippen molar-refractivity contribution in [3.8, 4) is 0 Å². The van der Waals surface area contributed by atoms with Crippen LogP contribution in [0.3, 0.4) is 0 Å². The summed E-state index contributed by atoms with van der Waals surface area (Å²) in [5, 5.41) is 15.6. The highest BCUT2D eigenvalue weighted by Crippen LogP contribution is 2.44. The lowest BCUT2D eigenvalue weighted by Gasteiger charge is -2.25. The number of aliphatic carboxylic acids is 2. The maximum atomic E-state index is 14.1. The van der Waals surface area contributed by atoms with Crippen LogP contribution in [0.2, 0.25) is 0 Å². The second kappa shape index (κ2) is 6.24. The number of likely N-dealkylation sites (N-methyl/N-ethyl adjacent to an activating group) is 1. The molecular formula is C17H19FN2O4. The van der Waals surface area contributed by atoms with E-state index >= 15 is 0 Å². The fourth-order valence-corrected chi connectivity index (χ4v) is 3.93. The second-order valence-electron chi connectivity index (χ2n) is 6.42. The number of halogens is 1. The van der Waals surface area contributed by atoms with E-state index in [1.54, 1.807) is 12.1 Å². The van der Waals surface area contributed by atoms with Crippen molar-refractivity contribution >= 4 is 22.8 Å². The van der Waals surface area contributed by atoms with Crippen LogP contribution in [-0.4, -0.2) is 52.2 Å². The molecular weight excluding hydrogens is 315 g/mol. The van der Waals surface area contributed by atoms with Crippen LogP contribution in [0.1, 0.15) is 23.6 Å². The van der Waals surface area contributed by atoms with Crippen molar-refractivity contribution in [1.29, 1.82) is 0 Å². The number of aryl methyl sites for hydroxylation is 1. The molecule has 0 saturated carbocycles. The Kier molecular flexibility index (Phi) is 4.28. The highest BCUT2D eigenvalue weighted by molar-refractivity contribution is 6.27. The predicted molar refractivity (Wildman–Crippen MR) is 85.6 cm³/mol. The molecule has 1 aliphatic carbocycles. The Balaban J connectivity index is 0.000000246. The average molecular weight is 334 g/mol. The molecule has 2 aromatic rings. The van der Waals surface area contributed by atoms with Gasteiger partial charge in [0.15, 0.2) is 0 Å². The van der Waals surface area contributed by atoms with Gasteiger partial charge in [0.2, 0.25) is 0 Å². The lowest BCUT2D eigenvalue weighted by Crippen LogP contribution is -2.18. The lowest BCUT2D eigenvalue weighted by atomic mass is 9.79. The first-order valence-corrected chi connectivity index (χ1v) is 7.82. The van der Waals surface area contributed by atoms with E-state index in [4.69, 9.17) is 19.8 Å². The molecule has 0 radical (unpaired) electrons. The maximum Gasteiger partial charge on any atom is 0.414 e. The molecule has 1 fully saturated rings. The van der Waals surface area contributed by atoms with Crippen LogP contribution < -0.4 is 0 Å². The van der Waals surface area contributed by atoms with Gasteiger partial charge in [0.25, 0.3) is 0 Å². The minimum absolute atomic E-state index is 0.0693. The number of carbonyl (C=O) groups is 2. The molecule has 2 aliphatic rings. The van der Waals surface area contributed by atoms with E-state index in [1.165, 1.54) is 17.7 Å². The molecule has 2 atom stereocenters. The van der Waals surface area contributed by atoms with E-state index in [-0.39, 0.29) is 5.82 Å². The number of nitrogens with one attached hydrogen (secondary N) is 1. The Bertz CT molecular complexity index is 789. The normalized spacial score (nSPS) is 22.4. The second-order valence-corrected chi connectivity index (χ2v) is 6.42. The molecule has 1 aliphatic heterocycles. The fourth-order valence-electron chi connectivity index (χ4n) is 3.93. The molecule has 1 aromatic carbocycles. The van der Waals surface area contributed by atoms with Gasteiger partial charge in [0.05, 0.1) is 0 Å². The van der Waals surface area contributed by atoms with Crippen molar-refractivity contribution < 1.29 is 24.2 Å². The molecule has 24 heavy (non-hydrogen) atoms. The molecule has 2 heterocycles. The first-order valence-electron chi connectivity index (χ1n) is 7.82. The number of aromatic nitrogens is 1. The first kappa shape index (κ1) is 16.4. The first-order chi connectivity index (χ1) is 11.4. The fraction of sp³-hybridized carbons (Fsp3) is 0.412. The number of likely N-dealkylation sites (tertiary alicyclic amines) is 1. The van der Waals surface area contributed by atoms with E-state index < -0.39 is 11.9 Å². The standard InChI is InChI=1S/C15H17FN2.C2H2O4/c1-18-7-9-5-6-13-14(10(9)8-18)15-11(16)3-2-4-12(15)17-13;3-1(4)2(5)6/h2-4,9-10,17H,5-8H2,1H3;(H,3,4)(H,5,6)/t9-,10-;/m1./s1. The topological polar surface area (TPSA) is 93.6 Å². The van der Waals surface area contributed by atoms with Gasteiger partial charge in [-0.05, 0) is 43.5 Å². The Hall–Kier alpha value is -2.41. The van der Waals surface area contributed by atoms with Gasteiger partial charge in [0.1, 0.15) is 5.82 Å². The third-order valence-corrected chi connectivity index (χ3v) is 4.84. The molecule has 4 rings (SSSR count). The molecule has 6 nitrogen and oxygen atoms in total. The van der Waals surface area contributed by atoms with E-state index in [2.05, 4.69) is 16.9 Å². The predicted octanol–water partition coefficient (Wildman–Crippen LogP) is 2.05. The van der Waals surface area contributed by atoms with Gasteiger partial charge in [0, 0.05) is 35.6 Å². The van der Waals surface area contributed by atoms with Crippen LogP contribution in [0.15, 0.2) is 18.2 Å². The molecule has 0 amide bonds. The summed E-state index contributed by atoms with van der Waals surface area (Å²) < 4.78 is 14.1. The highest BCUT2D eigenvalue weighted by Gasteiger charge is 2.38. The Morgan fingerprint density at radius 1 is 1.25 bits per heavy atom. The smallest absolute Gasteiger partial charge is 0.414 e. The summed E-state index contributed by atoms with van der Waals surface area (Å²) in [4.78, 5) is 24.0. The molecule has 3 N–H and O–H groups in total. The van der Waals surface area contributed by atoms with Crippen molar-refractivity contribution in [2.24, 2.45) is 5.92 Å². The zero-order valence-electron chi connectivity index (χ0n) is 13.3. The van der Waals surface area contributed by atoms with Gasteiger partial charge >= 0.3 is 11.9 Å². The summed E-state index contributed by atoms with van der Waals surface area (Å²) in [5.41, 5.74) is 3.51. The summed E-state index contributed by atoms with van der Waals surface area (Å²) in [7, 11) is 2.17. The molecule has 0 unspecified atom stereocenters. The number of carboxylic acids is 2. The van der Waals surface area contributed by atoms with Crippen LogP contribution in [0.25, 0.3) is 10.9 Å². The zero-order valence-corrected chi connectivity index (χ0v) is 13.3. The molecule has 7 heteroatoms. The molecule has 1 saturated heterocycles. The number of benzene rings is 1. The van der Waals surface area contributed by atoms with Crippen LogP contribution in [-0.2, 0) is 16.0 Å². The van der Waals surface area contributed by atoms with E-state index in [0.29, 0.717) is 11.8 Å². The van der Waals surface area contributed by atoms with E-state index in [0.717, 1.165) is 30.4 Å². The highest BCUT2D eigenvalue weighted by atomic mass is 19.1. The van der Waals surface area contributed by atoms with Crippen molar-refractivity contribution in [2.45, 2.75) is 18.8 Å². The quantitative estimate of drug-likeness (QED) is 0.641. The monoisotopic (exact) mass is 334 g/mol. The SMILES string of the molecule is CN1C[C@H]2CCc3[nH]c4cccc(F)c4c3[C@@H]2C1.O=C(O)C(=O)O. The van der Waals surface area contributed by atoms with E-state index in [9.17, 15) is 4.39 Å². The van der Waals surface area contributed by atoms with Crippen LogP contribution in [0.4, 0.5) is 4.39 Å². The van der Waals surface area contributed by atoms with Crippen LogP contribution >= 0.6 is 0 Å². The summed E-state index contributed by atoms with van der Waals surface area (Å²) in [6, 6.07) is 5.36. The number of hydrogen-bond acceptors (Lipinski definition) is 3. The summed E-state index contributed by atoms with van der Waals surface area (Å²) in [6.07, 6.45) is 2.30. The van der Waals surface area contributed by atoms with Gasteiger partial charge in [-0.1, -0.05) is 6.07 Å². The third-order valence-electron chi connectivity index (χ3n) is 4.84. The van der Waals surface area contributed by atoms with Gasteiger partial charge in [-0.25, -0.2) is 14.0 Å². The number of aromatic amines is 1. The summed E-state index contributed by atoms with van der Waals surface area (Å²) in [5.74, 6) is -2.49. The maximum absolute atomic E-state index is 14.1. The van der Waals surface area contributed by atoms with Crippen molar-refractivity contribution in [3.63, 3.8) is 0 Å². The average Bonchev–Trinajstić information content (AvgIpc) is 3.07. The number of hydrogen-bond donors (Lipinski definition) is 3. The number of rotatable bonds is 0. The lowest BCUT2D eigenvalue weighted by molar-refractivity contribution is -0.159. The minimum Gasteiger partial charge on any atom is -0.473 e. The van der Waals surface area contributed by atoms with Crippen LogP contribution in [0, 0.1) is 11.7 Å². The van der Waals surface area contributed by atoms with Gasteiger partial charge in [-0.15, -0.1) is 0 Å². The molecule has 0 bridgehead atoms. The third kappa shape index (κ3) is 2.87. The van der Waals surface area contributed by atoms with Crippen molar-refractivity contribution in [2.75, 3.05) is 20.1 Å². The van der Waals surface area contributed by atoms with Gasteiger partial charge in [-0.3, -0.25) is 0 Å². The van der Waals surface area contributed by atoms with Gasteiger partial charge in [-0.2, -0.15) is 0 Å². The van der Waals surface area contributed by atoms with Gasteiger partial charge < -0.3 is 20.1 Å². The number of carboxylic acid groups (broad SMARTS) is 2. The number of H-pyrrole nitrogens is 1.